The van der Waals surface area contributed by atoms with Gasteiger partial charge in [0.25, 0.3) is 0 Å². The first-order chi connectivity index (χ1) is 7.34. The third-order valence-electron chi connectivity index (χ3n) is 2.59. The van der Waals surface area contributed by atoms with Crippen LogP contribution >= 0.6 is 0 Å². The van der Waals surface area contributed by atoms with Crippen molar-refractivity contribution in [2.45, 2.75) is 13.5 Å². The van der Waals surface area contributed by atoms with E-state index in [0.717, 1.165) is 29.2 Å². The smallest absolute Gasteiger partial charge is 0.243 e. The number of fused-ring (bicyclic) bond motifs is 2. The summed E-state index contributed by atoms with van der Waals surface area (Å²) in [7, 11) is 0. The molecule has 0 bridgehead atoms. The molecule has 3 rings (SSSR count). The number of hydrogen-bond acceptors (Lipinski definition) is 3. The maximum Gasteiger partial charge on any atom is 0.243 e. The lowest BCUT2D eigenvalue weighted by molar-refractivity contribution is 0.463. The van der Waals surface area contributed by atoms with Gasteiger partial charge in [-0.3, -0.25) is 5.10 Å². The van der Waals surface area contributed by atoms with Gasteiger partial charge in [0.2, 0.25) is 5.88 Å². The van der Waals surface area contributed by atoms with Gasteiger partial charge in [0.1, 0.15) is 0 Å². The molecule has 4 heteroatoms. The Hall–Kier alpha value is -1.97. The molecule has 76 valence electrons. The molecule has 0 unspecified atom stereocenters. The quantitative estimate of drug-likeness (QED) is 0.688. The van der Waals surface area contributed by atoms with E-state index in [1.807, 2.05) is 31.2 Å². The molecule has 1 aromatic carbocycles. The zero-order chi connectivity index (χ0) is 10.3. The number of aryl methyl sites for hydroxylation is 1. The predicted octanol–water partition coefficient (Wildman–Crippen LogP) is 2.44. The summed E-state index contributed by atoms with van der Waals surface area (Å²) in [6.07, 6.45) is 0. The second-order valence-electron chi connectivity index (χ2n) is 3.58. The van der Waals surface area contributed by atoms with Gasteiger partial charge in [0, 0.05) is 12.2 Å². The summed E-state index contributed by atoms with van der Waals surface area (Å²) in [5, 5.41) is 10.4. The predicted molar refractivity (Wildman–Crippen MR) is 57.2 cm³/mol. The average molecular weight is 201 g/mol. The van der Waals surface area contributed by atoms with E-state index in [1.54, 1.807) is 0 Å². The van der Waals surface area contributed by atoms with Crippen molar-refractivity contribution in [2.24, 2.45) is 0 Å². The van der Waals surface area contributed by atoms with Gasteiger partial charge >= 0.3 is 0 Å². The van der Waals surface area contributed by atoms with Crippen molar-refractivity contribution in [3.8, 4) is 11.6 Å². The van der Waals surface area contributed by atoms with Crippen LogP contribution in [0.4, 0.5) is 5.69 Å². The largest absolute Gasteiger partial charge is 0.435 e. The molecule has 2 heterocycles. The van der Waals surface area contributed by atoms with Gasteiger partial charge in [-0.05, 0) is 19.1 Å². The highest BCUT2D eigenvalue weighted by molar-refractivity contribution is 5.59. The van der Waals surface area contributed by atoms with Gasteiger partial charge in [-0.15, -0.1) is 5.10 Å². The van der Waals surface area contributed by atoms with Gasteiger partial charge in [0.05, 0.1) is 11.3 Å². The number of H-pyrrole nitrogens is 1. The first kappa shape index (κ1) is 8.35. The Morgan fingerprint density at radius 1 is 1.33 bits per heavy atom. The van der Waals surface area contributed by atoms with E-state index < -0.39 is 0 Å². The molecule has 1 aromatic heterocycles. The molecule has 2 aromatic rings. The molecule has 15 heavy (non-hydrogen) atoms. The molecule has 1 aliphatic heterocycles. The molecule has 0 saturated carbocycles. The highest BCUT2D eigenvalue weighted by Crippen LogP contribution is 2.34. The maximum absolute atomic E-state index is 5.72. The highest BCUT2D eigenvalue weighted by Gasteiger charge is 2.17. The lowest BCUT2D eigenvalue weighted by Crippen LogP contribution is -1.97. The fourth-order valence-electron chi connectivity index (χ4n) is 1.71. The summed E-state index contributed by atoms with van der Waals surface area (Å²) in [5.41, 5.74) is 3.14. The van der Waals surface area contributed by atoms with Crippen molar-refractivity contribution in [1.82, 2.24) is 10.2 Å². The van der Waals surface area contributed by atoms with Crippen molar-refractivity contribution in [2.75, 3.05) is 5.32 Å². The SMILES string of the molecule is Cc1[nH]nc2c1CNc1ccccc1O2. The van der Waals surface area contributed by atoms with Crippen LogP contribution in [0.5, 0.6) is 11.6 Å². The number of benzene rings is 1. The van der Waals surface area contributed by atoms with E-state index in [9.17, 15) is 0 Å². The van der Waals surface area contributed by atoms with Crippen LogP contribution in [0.25, 0.3) is 0 Å². The number of rotatable bonds is 0. The molecule has 1 aliphatic rings. The van der Waals surface area contributed by atoms with E-state index in [0.29, 0.717) is 5.88 Å². The minimum absolute atomic E-state index is 0.671. The van der Waals surface area contributed by atoms with Gasteiger partial charge in [0.15, 0.2) is 5.75 Å². The number of nitrogens with one attached hydrogen (secondary N) is 2. The number of hydrogen-bond donors (Lipinski definition) is 2. The fraction of sp³-hybridized carbons (Fsp3) is 0.182. The first-order valence-corrected chi connectivity index (χ1v) is 4.89. The number of aromatic nitrogens is 2. The average Bonchev–Trinajstić information content (AvgIpc) is 2.51. The Labute approximate surface area is 87.3 Å². The zero-order valence-corrected chi connectivity index (χ0v) is 8.37. The molecule has 4 nitrogen and oxygen atoms in total. The molecule has 0 spiro atoms. The van der Waals surface area contributed by atoms with E-state index in [2.05, 4.69) is 15.5 Å². The topological polar surface area (TPSA) is 49.9 Å². The summed E-state index contributed by atoms with van der Waals surface area (Å²) in [5.74, 6) is 1.49. The van der Waals surface area contributed by atoms with Crippen LogP contribution in [-0.4, -0.2) is 10.2 Å². The van der Waals surface area contributed by atoms with Crippen molar-refractivity contribution >= 4 is 5.69 Å². The monoisotopic (exact) mass is 201 g/mol. The normalized spacial score (nSPS) is 13.1. The Balaban J connectivity index is 2.10. The molecule has 0 radical (unpaired) electrons. The van der Waals surface area contributed by atoms with Crippen molar-refractivity contribution in [3.63, 3.8) is 0 Å². The Morgan fingerprint density at radius 3 is 3.13 bits per heavy atom. The fourth-order valence-corrected chi connectivity index (χ4v) is 1.71. The molecule has 0 atom stereocenters. The second kappa shape index (κ2) is 3.02. The maximum atomic E-state index is 5.72. The molecule has 0 saturated heterocycles. The van der Waals surface area contributed by atoms with Crippen LogP contribution in [0, 0.1) is 6.92 Å². The first-order valence-electron chi connectivity index (χ1n) is 4.89. The Bertz CT molecular complexity index is 504. The third-order valence-corrected chi connectivity index (χ3v) is 2.59. The van der Waals surface area contributed by atoms with Gasteiger partial charge in [-0.2, -0.15) is 0 Å². The molecule has 2 N–H and O–H groups in total. The molecular formula is C11H11N3O. The van der Waals surface area contributed by atoms with Crippen molar-refractivity contribution in [3.05, 3.63) is 35.5 Å². The zero-order valence-electron chi connectivity index (χ0n) is 8.37. The van der Waals surface area contributed by atoms with Crippen molar-refractivity contribution < 1.29 is 4.74 Å². The molecular weight excluding hydrogens is 190 g/mol. The van der Waals surface area contributed by atoms with Crippen LogP contribution in [0.15, 0.2) is 24.3 Å². The number of aromatic amines is 1. The number of anilines is 1. The van der Waals surface area contributed by atoms with Crippen LogP contribution in [-0.2, 0) is 6.54 Å². The van der Waals surface area contributed by atoms with Gasteiger partial charge in [-0.25, -0.2) is 0 Å². The van der Waals surface area contributed by atoms with Crippen LogP contribution in [0.1, 0.15) is 11.3 Å². The summed E-state index contributed by atoms with van der Waals surface area (Å²) in [4.78, 5) is 0. The standard InChI is InChI=1S/C11H11N3O/c1-7-8-6-12-9-4-2-3-5-10(9)15-11(8)14-13-7/h2-5,12H,6H2,1H3,(H,13,14). The third kappa shape index (κ3) is 1.26. The number of nitrogens with zero attached hydrogens (tertiary/aromatic N) is 1. The summed E-state index contributed by atoms with van der Waals surface area (Å²) < 4.78 is 5.72. The molecule has 0 amide bonds. The minimum atomic E-state index is 0.671. The van der Waals surface area contributed by atoms with Crippen LogP contribution in [0.2, 0.25) is 0 Å². The van der Waals surface area contributed by atoms with Crippen LogP contribution < -0.4 is 10.1 Å². The minimum Gasteiger partial charge on any atom is -0.435 e. The van der Waals surface area contributed by atoms with Gasteiger partial charge < -0.3 is 10.1 Å². The summed E-state index contributed by atoms with van der Waals surface area (Å²) >= 11 is 0. The summed E-state index contributed by atoms with van der Waals surface area (Å²) in [6, 6.07) is 7.87. The summed E-state index contributed by atoms with van der Waals surface area (Å²) in [6.45, 7) is 2.74. The van der Waals surface area contributed by atoms with Gasteiger partial charge in [-0.1, -0.05) is 12.1 Å². The Morgan fingerprint density at radius 2 is 2.20 bits per heavy atom. The Kier molecular flexibility index (Phi) is 1.68. The lowest BCUT2D eigenvalue weighted by Gasteiger charge is -2.05. The molecule has 0 fully saturated rings. The van der Waals surface area contributed by atoms with E-state index in [4.69, 9.17) is 4.74 Å². The van der Waals surface area contributed by atoms with E-state index in [1.165, 1.54) is 0 Å². The molecule has 0 aliphatic carbocycles. The number of para-hydroxylation sites is 2. The lowest BCUT2D eigenvalue weighted by atomic mass is 10.2. The second-order valence-corrected chi connectivity index (χ2v) is 3.58. The van der Waals surface area contributed by atoms with Crippen LogP contribution in [0.3, 0.4) is 0 Å². The number of ether oxygens (including phenoxy) is 1. The highest BCUT2D eigenvalue weighted by atomic mass is 16.5. The van der Waals surface area contributed by atoms with E-state index >= 15 is 0 Å². The van der Waals surface area contributed by atoms with Crippen molar-refractivity contribution in [1.29, 1.82) is 0 Å². The van der Waals surface area contributed by atoms with E-state index in [-0.39, 0.29) is 0 Å².